The van der Waals surface area contributed by atoms with Crippen LogP contribution in [0.2, 0.25) is 9.88 Å². The molecule has 13 heavy (non-hydrogen) atoms. The van der Waals surface area contributed by atoms with Crippen molar-refractivity contribution in [3.05, 3.63) is 30.1 Å². The maximum atomic E-state index is 12.6. The van der Waals surface area contributed by atoms with Crippen molar-refractivity contribution < 1.29 is 4.39 Å². The Morgan fingerprint density at radius 3 is 2.15 bits per heavy atom. The molecule has 0 atom stereocenters. The normalized spacial score (nSPS) is 10.5. The van der Waals surface area contributed by atoms with Gasteiger partial charge in [0.05, 0.1) is 0 Å². The van der Waals surface area contributed by atoms with Crippen LogP contribution in [0.25, 0.3) is 0 Å². The van der Waals surface area contributed by atoms with E-state index in [4.69, 9.17) is 0 Å². The van der Waals surface area contributed by atoms with Crippen LogP contribution in [0.4, 0.5) is 4.39 Å². The molecule has 1 rings (SSSR count). The van der Waals surface area contributed by atoms with Crippen LogP contribution in [-0.2, 0) is 0 Å². The van der Waals surface area contributed by atoms with E-state index in [9.17, 15) is 4.39 Å². The summed E-state index contributed by atoms with van der Waals surface area (Å²) in [6, 6.07) is 6.78. The van der Waals surface area contributed by atoms with Gasteiger partial charge in [-0.05, 0) is 0 Å². The van der Waals surface area contributed by atoms with Gasteiger partial charge in [0.2, 0.25) is 0 Å². The molecule has 0 bridgehead atoms. The van der Waals surface area contributed by atoms with Crippen molar-refractivity contribution in [3.63, 3.8) is 0 Å². The fourth-order valence-electron chi connectivity index (χ4n) is 1.25. The van der Waals surface area contributed by atoms with Gasteiger partial charge in [-0.2, -0.15) is 0 Å². The Morgan fingerprint density at radius 2 is 1.69 bits per heavy atom. The Kier molecular flexibility index (Phi) is 3.38. The number of hydrogen-bond acceptors (Lipinski definition) is 0. The summed E-state index contributed by atoms with van der Waals surface area (Å²) in [7, 11) is 0. The summed E-state index contributed by atoms with van der Waals surface area (Å²) in [5.41, 5.74) is 0. The Bertz CT molecular complexity index is 341. The molecule has 1 aromatic carbocycles. The molecule has 2 heteroatoms. The first-order valence-corrected chi connectivity index (χ1v) is 12.8. The van der Waals surface area contributed by atoms with Crippen molar-refractivity contribution in [1.29, 1.82) is 0 Å². The van der Waals surface area contributed by atoms with Crippen molar-refractivity contribution in [3.8, 4) is 9.86 Å². The topological polar surface area (TPSA) is 0 Å². The molecule has 0 nitrogen and oxygen atoms in total. The van der Waals surface area contributed by atoms with Gasteiger partial charge in [-0.15, -0.1) is 0 Å². The summed E-state index contributed by atoms with van der Waals surface area (Å²) in [6.45, 7) is 1.86. The molecule has 0 heterocycles. The summed E-state index contributed by atoms with van der Waals surface area (Å²) >= 11 is -2.37. The van der Waals surface area contributed by atoms with Gasteiger partial charge in [0.25, 0.3) is 0 Å². The van der Waals surface area contributed by atoms with Gasteiger partial charge in [-0.3, -0.25) is 0 Å². The molecular weight excluding hydrogens is 270 g/mol. The van der Waals surface area contributed by atoms with Crippen molar-refractivity contribution in [2.45, 2.75) is 16.8 Å². The standard InChI is InChI=1S/C6H4F.C3H3.2CH3.Sn/c7-6-4-2-1-3-5-6;1-3-2;;;/h2-5H;1H3;2*1H3;. The molecule has 0 unspecified atom stereocenters. The fourth-order valence-corrected chi connectivity index (χ4v) is 6.30. The third-order valence-corrected chi connectivity index (χ3v) is 9.57. The number of halogens is 1. The molecule has 0 spiro atoms. The van der Waals surface area contributed by atoms with E-state index in [-0.39, 0.29) is 5.82 Å². The average Bonchev–Trinajstić information content (AvgIpc) is 2.05. The quantitative estimate of drug-likeness (QED) is 0.548. The zero-order valence-electron chi connectivity index (χ0n) is 8.19. The summed E-state index contributed by atoms with van der Waals surface area (Å²) in [6.07, 6.45) is 0. The van der Waals surface area contributed by atoms with Crippen LogP contribution in [0.1, 0.15) is 6.92 Å². The first kappa shape index (κ1) is 10.6. The molecule has 0 aliphatic carbocycles. The molecule has 0 radical (unpaired) electrons. The molecule has 0 aromatic heterocycles. The van der Waals surface area contributed by atoms with Crippen molar-refractivity contribution in [2.75, 3.05) is 0 Å². The Morgan fingerprint density at radius 1 is 1.15 bits per heavy atom. The van der Waals surface area contributed by atoms with E-state index in [1.807, 2.05) is 19.1 Å². The molecular formula is C11H13FSn. The van der Waals surface area contributed by atoms with Crippen LogP contribution in [0.15, 0.2) is 24.3 Å². The Labute approximate surface area is 83.0 Å². The van der Waals surface area contributed by atoms with E-state index in [2.05, 4.69) is 19.7 Å². The molecule has 0 aliphatic rings. The first-order chi connectivity index (χ1) is 6.06. The van der Waals surface area contributed by atoms with E-state index in [0.29, 0.717) is 0 Å². The van der Waals surface area contributed by atoms with Crippen LogP contribution in [0.5, 0.6) is 0 Å². The summed E-state index contributed by atoms with van der Waals surface area (Å²) < 4.78 is 17.2. The molecule has 1 aromatic rings. The monoisotopic (exact) mass is 284 g/mol. The fraction of sp³-hybridized carbons (Fsp3) is 0.273. The van der Waals surface area contributed by atoms with E-state index >= 15 is 0 Å². The van der Waals surface area contributed by atoms with E-state index in [1.165, 1.54) is 15.7 Å². The maximum absolute atomic E-state index is 12.6. The molecule has 0 amide bonds. The second-order valence-corrected chi connectivity index (χ2v) is 15.1. The Hall–Kier alpha value is -0.491. The number of rotatable bonds is 1. The first-order valence-electron chi connectivity index (χ1n) is 4.26. The van der Waals surface area contributed by atoms with E-state index in [1.54, 1.807) is 0 Å². The van der Waals surface area contributed by atoms with Crippen molar-refractivity contribution in [2.24, 2.45) is 0 Å². The number of hydrogen-bond donors (Lipinski definition) is 0. The predicted molar refractivity (Wildman–Crippen MR) is 57.0 cm³/mol. The number of benzene rings is 1. The third-order valence-electron chi connectivity index (χ3n) is 2.00. The average molecular weight is 283 g/mol. The minimum atomic E-state index is -2.37. The van der Waals surface area contributed by atoms with Gasteiger partial charge in [0, 0.05) is 0 Å². The van der Waals surface area contributed by atoms with Gasteiger partial charge in [0.15, 0.2) is 0 Å². The van der Waals surface area contributed by atoms with Crippen LogP contribution < -0.4 is 3.58 Å². The van der Waals surface area contributed by atoms with E-state index in [0.717, 1.165) is 0 Å². The second kappa shape index (κ2) is 4.15. The molecule has 0 aliphatic heterocycles. The Balaban J connectivity index is 3.05. The molecule has 0 fully saturated rings. The molecule has 0 saturated carbocycles. The predicted octanol–water partition coefficient (Wildman–Crippen LogP) is 2.30. The van der Waals surface area contributed by atoms with Crippen LogP contribution in [0, 0.1) is 15.7 Å². The van der Waals surface area contributed by atoms with Crippen molar-refractivity contribution in [1.82, 2.24) is 0 Å². The van der Waals surface area contributed by atoms with E-state index < -0.39 is 18.4 Å². The van der Waals surface area contributed by atoms with Crippen molar-refractivity contribution >= 4 is 22.0 Å². The zero-order chi connectivity index (χ0) is 9.90. The van der Waals surface area contributed by atoms with Gasteiger partial charge >= 0.3 is 83.1 Å². The van der Waals surface area contributed by atoms with Crippen LogP contribution in [0.3, 0.4) is 0 Å². The summed E-state index contributed by atoms with van der Waals surface area (Å²) in [5.74, 6) is 2.80. The summed E-state index contributed by atoms with van der Waals surface area (Å²) in [4.78, 5) is 4.47. The minimum absolute atomic E-state index is 0.171. The summed E-state index contributed by atoms with van der Waals surface area (Å²) in [5, 5.41) is 0. The van der Waals surface area contributed by atoms with Crippen LogP contribution >= 0.6 is 0 Å². The third kappa shape index (κ3) is 2.73. The molecule has 0 N–H and O–H groups in total. The zero-order valence-corrected chi connectivity index (χ0v) is 11.0. The molecule has 0 saturated heterocycles. The van der Waals surface area contributed by atoms with Gasteiger partial charge in [0.1, 0.15) is 0 Å². The van der Waals surface area contributed by atoms with Crippen LogP contribution in [-0.4, -0.2) is 18.4 Å². The van der Waals surface area contributed by atoms with Gasteiger partial charge < -0.3 is 0 Å². The second-order valence-electron chi connectivity index (χ2n) is 3.51. The van der Waals surface area contributed by atoms with Gasteiger partial charge in [-0.1, -0.05) is 0 Å². The SMILES string of the molecule is CC#[C][Sn]([CH3])([CH3])[c]1ccc(F)cc1. The molecule has 68 valence electrons. The van der Waals surface area contributed by atoms with Gasteiger partial charge in [-0.25, -0.2) is 0 Å².